The standard InChI is InChI=1S/C25H26N2O4/c1-16-13-27(14-17(2)31-16)22(28)15-30-25(29)23-18(3)24(19-9-5-4-6-10-19)26-21-12-8-7-11-20(21)23/h4-12,16-17H,13-15H2,1-3H3/t16-,17+. The van der Waals surface area contributed by atoms with Gasteiger partial charge in [-0.05, 0) is 32.4 Å². The smallest absolute Gasteiger partial charge is 0.339 e. The van der Waals surface area contributed by atoms with E-state index in [-0.39, 0.29) is 24.7 Å². The summed E-state index contributed by atoms with van der Waals surface area (Å²) in [7, 11) is 0. The number of esters is 1. The minimum Gasteiger partial charge on any atom is -0.452 e. The van der Waals surface area contributed by atoms with Crippen molar-refractivity contribution >= 4 is 22.8 Å². The molecule has 1 saturated heterocycles. The molecule has 0 unspecified atom stereocenters. The van der Waals surface area contributed by atoms with E-state index in [1.165, 1.54) is 0 Å². The molecule has 0 radical (unpaired) electrons. The molecule has 2 atom stereocenters. The fraction of sp³-hybridized carbons (Fsp3) is 0.320. The maximum Gasteiger partial charge on any atom is 0.339 e. The van der Waals surface area contributed by atoms with Gasteiger partial charge in [-0.2, -0.15) is 0 Å². The van der Waals surface area contributed by atoms with E-state index in [0.29, 0.717) is 29.6 Å². The molecule has 4 rings (SSSR count). The number of morpholine rings is 1. The summed E-state index contributed by atoms with van der Waals surface area (Å²) in [6, 6.07) is 17.2. The van der Waals surface area contributed by atoms with Crippen LogP contribution in [0.15, 0.2) is 54.6 Å². The Hall–Kier alpha value is -3.25. The van der Waals surface area contributed by atoms with Crippen molar-refractivity contribution in [2.75, 3.05) is 19.7 Å². The molecular weight excluding hydrogens is 392 g/mol. The molecule has 0 aliphatic carbocycles. The molecule has 1 fully saturated rings. The first kappa shape index (κ1) is 21.0. The van der Waals surface area contributed by atoms with Gasteiger partial charge in [0.05, 0.1) is 29.0 Å². The summed E-state index contributed by atoms with van der Waals surface area (Å²) < 4.78 is 11.2. The summed E-state index contributed by atoms with van der Waals surface area (Å²) in [5, 5.41) is 0.714. The number of carbonyl (C=O) groups is 2. The number of hydrogen-bond donors (Lipinski definition) is 0. The number of benzene rings is 2. The molecule has 3 aromatic rings. The summed E-state index contributed by atoms with van der Waals surface area (Å²) in [6.07, 6.45) is -0.0774. The average Bonchev–Trinajstić information content (AvgIpc) is 2.76. The van der Waals surface area contributed by atoms with E-state index in [9.17, 15) is 9.59 Å². The first-order chi connectivity index (χ1) is 14.9. The van der Waals surface area contributed by atoms with Gasteiger partial charge in [-0.25, -0.2) is 9.78 Å². The van der Waals surface area contributed by atoms with Gasteiger partial charge in [0.15, 0.2) is 6.61 Å². The fourth-order valence-electron chi connectivity index (χ4n) is 4.12. The molecule has 0 saturated carbocycles. The van der Waals surface area contributed by atoms with E-state index >= 15 is 0 Å². The van der Waals surface area contributed by atoms with E-state index in [2.05, 4.69) is 0 Å². The lowest BCUT2D eigenvalue weighted by Gasteiger charge is -2.35. The van der Waals surface area contributed by atoms with Crippen LogP contribution in [0.1, 0.15) is 29.8 Å². The van der Waals surface area contributed by atoms with Gasteiger partial charge in [0.2, 0.25) is 0 Å². The second-order valence-electron chi connectivity index (χ2n) is 7.98. The van der Waals surface area contributed by atoms with Crippen molar-refractivity contribution < 1.29 is 19.1 Å². The predicted molar refractivity (Wildman–Crippen MR) is 119 cm³/mol. The van der Waals surface area contributed by atoms with Gasteiger partial charge in [0.25, 0.3) is 5.91 Å². The number of carbonyl (C=O) groups excluding carboxylic acids is 2. The number of amides is 1. The summed E-state index contributed by atoms with van der Waals surface area (Å²) >= 11 is 0. The van der Waals surface area contributed by atoms with Crippen molar-refractivity contribution in [2.45, 2.75) is 33.0 Å². The van der Waals surface area contributed by atoms with Gasteiger partial charge in [0.1, 0.15) is 0 Å². The van der Waals surface area contributed by atoms with Crippen molar-refractivity contribution in [3.05, 3.63) is 65.7 Å². The van der Waals surface area contributed by atoms with Crippen LogP contribution in [0.3, 0.4) is 0 Å². The topological polar surface area (TPSA) is 68.7 Å². The molecule has 0 N–H and O–H groups in total. The monoisotopic (exact) mass is 418 g/mol. The van der Waals surface area contributed by atoms with Crippen molar-refractivity contribution in [2.24, 2.45) is 0 Å². The molecule has 0 bridgehead atoms. The summed E-state index contributed by atoms with van der Waals surface area (Å²) in [5.41, 5.74) is 3.54. The fourth-order valence-corrected chi connectivity index (χ4v) is 4.12. The maximum atomic E-state index is 13.1. The first-order valence-electron chi connectivity index (χ1n) is 10.5. The number of hydrogen-bond acceptors (Lipinski definition) is 5. The molecule has 0 spiro atoms. The van der Waals surface area contributed by atoms with E-state index in [0.717, 1.165) is 16.8 Å². The second-order valence-corrected chi connectivity index (χ2v) is 7.98. The Kier molecular flexibility index (Phi) is 6.00. The number of nitrogens with zero attached hydrogens (tertiary/aromatic N) is 2. The second kappa shape index (κ2) is 8.86. The summed E-state index contributed by atoms with van der Waals surface area (Å²) in [5.74, 6) is -0.731. The predicted octanol–water partition coefficient (Wildman–Crippen LogP) is 4.00. The summed E-state index contributed by atoms with van der Waals surface area (Å²) in [4.78, 5) is 32.2. The first-order valence-corrected chi connectivity index (χ1v) is 10.5. The number of ether oxygens (including phenoxy) is 2. The van der Waals surface area contributed by atoms with E-state index < -0.39 is 5.97 Å². The largest absolute Gasteiger partial charge is 0.452 e. The maximum absolute atomic E-state index is 13.1. The molecule has 1 amide bonds. The van der Waals surface area contributed by atoms with Gasteiger partial charge < -0.3 is 14.4 Å². The van der Waals surface area contributed by atoms with Crippen molar-refractivity contribution in [3.63, 3.8) is 0 Å². The molecule has 6 heteroatoms. The van der Waals surface area contributed by atoms with Crippen LogP contribution in [-0.4, -0.2) is 53.7 Å². The zero-order valence-electron chi connectivity index (χ0n) is 18.0. The lowest BCUT2D eigenvalue weighted by atomic mass is 9.98. The number of rotatable bonds is 4. The van der Waals surface area contributed by atoms with E-state index in [1.54, 1.807) is 4.90 Å². The Morgan fingerprint density at radius 1 is 1.03 bits per heavy atom. The Morgan fingerprint density at radius 2 is 1.68 bits per heavy atom. The molecule has 1 aromatic heterocycles. The average molecular weight is 418 g/mol. The number of pyridine rings is 1. The molecule has 6 nitrogen and oxygen atoms in total. The third kappa shape index (κ3) is 4.44. The molecule has 31 heavy (non-hydrogen) atoms. The highest BCUT2D eigenvalue weighted by atomic mass is 16.5. The van der Waals surface area contributed by atoms with Gasteiger partial charge in [-0.15, -0.1) is 0 Å². The van der Waals surface area contributed by atoms with Crippen LogP contribution in [0.5, 0.6) is 0 Å². The van der Waals surface area contributed by atoms with Gasteiger partial charge in [-0.1, -0.05) is 48.5 Å². The van der Waals surface area contributed by atoms with Gasteiger partial charge in [0, 0.05) is 24.0 Å². The zero-order valence-corrected chi connectivity index (χ0v) is 18.0. The summed E-state index contributed by atoms with van der Waals surface area (Å²) in [6.45, 7) is 6.42. The molecule has 1 aliphatic heterocycles. The minimum absolute atomic E-state index is 0.0387. The van der Waals surface area contributed by atoms with Crippen LogP contribution in [0.25, 0.3) is 22.2 Å². The zero-order chi connectivity index (χ0) is 22.0. The molecule has 2 heterocycles. The van der Waals surface area contributed by atoms with Gasteiger partial charge in [-0.3, -0.25) is 4.79 Å². The highest BCUT2D eigenvalue weighted by Crippen LogP contribution is 2.30. The Balaban J connectivity index is 1.62. The SMILES string of the molecule is Cc1c(-c2ccccc2)nc2ccccc2c1C(=O)OCC(=O)N1C[C@@H](C)O[C@@H](C)C1. The van der Waals surface area contributed by atoms with Crippen LogP contribution in [0.2, 0.25) is 0 Å². The molecule has 2 aromatic carbocycles. The number of para-hydroxylation sites is 1. The Morgan fingerprint density at radius 3 is 2.39 bits per heavy atom. The molecule has 160 valence electrons. The quantitative estimate of drug-likeness (QED) is 0.599. The lowest BCUT2D eigenvalue weighted by molar-refractivity contribution is -0.146. The molecule has 1 aliphatic rings. The molecular formula is C25H26N2O4. The van der Waals surface area contributed by atoms with Crippen LogP contribution in [0.4, 0.5) is 0 Å². The highest BCUT2D eigenvalue weighted by molar-refractivity contribution is 6.06. The third-order valence-electron chi connectivity index (χ3n) is 5.49. The lowest BCUT2D eigenvalue weighted by Crippen LogP contribution is -2.49. The minimum atomic E-state index is -0.518. The van der Waals surface area contributed by atoms with Crippen molar-refractivity contribution in [3.8, 4) is 11.3 Å². The normalized spacial score (nSPS) is 18.7. The van der Waals surface area contributed by atoms with Gasteiger partial charge >= 0.3 is 5.97 Å². The third-order valence-corrected chi connectivity index (χ3v) is 5.49. The Labute approximate surface area is 181 Å². The van der Waals surface area contributed by atoms with Crippen molar-refractivity contribution in [1.29, 1.82) is 0 Å². The van der Waals surface area contributed by atoms with E-state index in [4.69, 9.17) is 14.5 Å². The number of aromatic nitrogens is 1. The van der Waals surface area contributed by atoms with Crippen LogP contribution in [-0.2, 0) is 14.3 Å². The van der Waals surface area contributed by atoms with Crippen LogP contribution >= 0.6 is 0 Å². The number of fused-ring (bicyclic) bond motifs is 1. The van der Waals surface area contributed by atoms with E-state index in [1.807, 2.05) is 75.4 Å². The van der Waals surface area contributed by atoms with Crippen molar-refractivity contribution in [1.82, 2.24) is 9.88 Å². The van der Waals surface area contributed by atoms with Crippen LogP contribution < -0.4 is 0 Å². The highest BCUT2D eigenvalue weighted by Gasteiger charge is 2.27. The van der Waals surface area contributed by atoms with Crippen LogP contribution in [0, 0.1) is 6.92 Å². The Bertz CT molecular complexity index is 1100.